The van der Waals surface area contributed by atoms with E-state index < -0.39 is 0 Å². The normalized spacial score (nSPS) is 24.6. The summed E-state index contributed by atoms with van der Waals surface area (Å²) in [4.78, 5) is 2.65. The lowest BCUT2D eigenvalue weighted by Gasteiger charge is -2.51. The summed E-state index contributed by atoms with van der Waals surface area (Å²) < 4.78 is 0. The molecule has 0 radical (unpaired) electrons. The van der Waals surface area contributed by atoms with E-state index >= 15 is 0 Å². The second-order valence-corrected chi connectivity index (χ2v) is 8.10. The van der Waals surface area contributed by atoms with Crippen LogP contribution >= 0.6 is 23.2 Å². The van der Waals surface area contributed by atoms with Crippen LogP contribution in [0.1, 0.15) is 45.1 Å². The Balaban J connectivity index is 1.87. The molecular formula is C17H24Cl2N2. The van der Waals surface area contributed by atoms with Crippen molar-refractivity contribution in [3.8, 4) is 0 Å². The molecule has 1 N–H and O–H groups in total. The van der Waals surface area contributed by atoms with Crippen LogP contribution < -0.4 is 5.32 Å². The molecule has 1 heterocycles. The minimum absolute atomic E-state index is 0.152. The van der Waals surface area contributed by atoms with Crippen LogP contribution in [0, 0.1) is 0 Å². The quantitative estimate of drug-likeness (QED) is 0.861. The maximum Gasteiger partial charge on any atom is 0.0452 e. The largest absolute Gasteiger partial charge is 0.309 e. The van der Waals surface area contributed by atoms with Crippen molar-refractivity contribution in [1.29, 1.82) is 0 Å². The average Bonchev–Trinajstić information content (AvgIpc) is 2.88. The maximum absolute atomic E-state index is 6.38. The fraction of sp³-hybridized carbons (Fsp3) is 0.647. The summed E-state index contributed by atoms with van der Waals surface area (Å²) in [5, 5.41) is 5.32. The molecule has 1 aromatic carbocycles. The molecule has 2 nitrogen and oxygen atoms in total. The number of benzene rings is 1. The van der Waals surface area contributed by atoms with Crippen LogP contribution in [0.3, 0.4) is 0 Å². The van der Waals surface area contributed by atoms with Gasteiger partial charge >= 0.3 is 0 Å². The van der Waals surface area contributed by atoms with Gasteiger partial charge in [0.15, 0.2) is 0 Å². The van der Waals surface area contributed by atoms with E-state index in [2.05, 4.69) is 24.1 Å². The number of hydrogen-bond donors (Lipinski definition) is 1. The summed E-state index contributed by atoms with van der Waals surface area (Å²) in [6.07, 6.45) is 5.24. The van der Waals surface area contributed by atoms with E-state index in [0.717, 1.165) is 35.2 Å². The lowest BCUT2D eigenvalue weighted by atomic mass is 9.86. The van der Waals surface area contributed by atoms with Crippen LogP contribution in [0.5, 0.6) is 0 Å². The summed E-state index contributed by atoms with van der Waals surface area (Å²) >= 11 is 12.5. The third-order valence-corrected chi connectivity index (χ3v) is 5.66. The van der Waals surface area contributed by atoms with Gasteiger partial charge in [0.2, 0.25) is 0 Å². The molecule has 21 heavy (non-hydrogen) atoms. The molecule has 3 rings (SSSR count). The minimum Gasteiger partial charge on any atom is -0.309 e. The highest BCUT2D eigenvalue weighted by atomic mass is 35.5. The van der Waals surface area contributed by atoms with Crippen LogP contribution in [0.25, 0.3) is 0 Å². The highest BCUT2D eigenvalue weighted by Gasteiger charge is 2.45. The fourth-order valence-electron chi connectivity index (χ4n) is 3.84. The lowest BCUT2D eigenvalue weighted by molar-refractivity contribution is 0.0122. The molecule has 1 spiro atoms. The highest BCUT2D eigenvalue weighted by molar-refractivity contribution is 6.33. The molecule has 1 aliphatic heterocycles. The van der Waals surface area contributed by atoms with Crippen LogP contribution in [0.4, 0.5) is 0 Å². The minimum atomic E-state index is 0.152. The number of rotatable bonds is 2. The fourth-order valence-corrected chi connectivity index (χ4v) is 4.21. The summed E-state index contributed by atoms with van der Waals surface area (Å²) in [5.41, 5.74) is 1.60. The third-order valence-electron chi connectivity index (χ3n) is 5.06. The van der Waals surface area contributed by atoms with Crippen molar-refractivity contribution in [3.63, 3.8) is 0 Å². The Morgan fingerprint density at radius 3 is 2.62 bits per heavy atom. The molecule has 0 amide bonds. The third kappa shape index (κ3) is 3.24. The standard InChI is InChI=1S/C17H24Cl2N2/c1-16(2)12-21(17(11-20-16)7-3-4-8-17)10-13-9-14(18)5-6-15(13)19/h5-6,9,20H,3-4,7-8,10-12H2,1-2H3. The van der Waals surface area contributed by atoms with Gasteiger partial charge in [0, 0.05) is 40.8 Å². The van der Waals surface area contributed by atoms with E-state index in [1.54, 1.807) is 0 Å². The summed E-state index contributed by atoms with van der Waals surface area (Å²) in [6, 6.07) is 5.79. The molecule has 0 atom stereocenters. The van der Waals surface area contributed by atoms with E-state index in [1.165, 1.54) is 25.7 Å². The number of nitrogens with zero attached hydrogens (tertiary/aromatic N) is 1. The van der Waals surface area contributed by atoms with Gasteiger partial charge in [-0.05, 0) is 50.5 Å². The van der Waals surface area contributed by atoms with Crippen LogP contribution in [0.2, 0.25) is 10.0 Å². The molecule has 0 bridgehead atoms. The van der Waals surface area contributed by atoms with Gasteiger partial charge in [-0.1, -0.05) is 36.0 Å². The molecule has 1 aliphatic carbocycles. The average molecular weight is 327 g/mol. The van der Waals surface area contributed by atoms with Crippen molar-refractivity contribution in [2.45, 2.75) is 57.2 Å². The van der Waals surface area contributed by atoms with Crippen LogP contribution in [0.15, 0.2) is 18.2 Å². The zero-order chi connectivity index (χ0) is 15.1. The van der Waals surface area contributed by atoms with Crippen LogP contribution in [-0.2, 0) is 6.54 Å². The maximum atomic E-state index is 6.38. The zero-order valence-electron chi connectivity index (χ0n) is 12.9. The molecule has 1 saturated heterocycles. The molecule has 4 heteroatoms. The first-order chi connectivity index (χ1) is 9.90. The number of piperazine rings is 1. The van der Waals surface area contributed by atoms with Gasteiger partial charge in [0.25, 0.3) is 0 Å². The van der Waals surface area contributed by atoms with Crippen molar-refractivity contribution < 1.29 is 0 Å². The van der Waals surface area contributed by atoms with Gasteiger partial charge in [0.1, 0.15) is 0 Å². The van der Waals surface area contributed by atoms with E-state index in [9.17, 15) is 0 Å². The topological polar surface area (TPSA) is 15.3 Å². The summed E-state index contributed by atoms with van der Waals surface area (Å²) in [6.45, 7) is 7.58. The second kappa shape index (κ2) is 5.73. The molecule has 2 fully saturated rings. The predicted octanol–water partition coefficient (Wildman–Crippen LogP) is 4.49. The first kappa shape index (κ1) is 15.6. The molecule has 1 saturated carbocycles. The van der Waals surface area contributed by atoms with E-state index in [4.69, 9.17) is 23.2 Å². The number of hydrogen-bond acceptors (Lipinski definition) is 2. The summed E-state index contributed by atoms with van der Waals surface area (Å²) in [5.74, 6) is 0. The molecule has 0 unspecified atom stereocenters. The van der Waals surface area contributed by atoms with Crippen LogP contribution in [-0.4, -0.2) is 29.1 Å². The molecular weight excluding hydrogens is 303 g/mol. The molecule has 0 aromatic heterocycles. The van der Waals surface area contributed by atoms with Gasteiger partial charge in [0.05, 0.1) is 0 Å². The Labute approximate surface area is 137 Å². The SMILES string of the molecule is CC1(C)CN(Cc2cc(Cl)ccc2Cl)C2(CCCC2)CN1. The van der Waals surface area contributed by atoms with E-state index in [1.807, 2.05) is 18.2 Å². The van der Waals surface area contributed by atoms with E-state index in [0.29, 0.717) is 5.54 Å². The van der Waals surface area contributed by atoms with Gasteiger partial charge in [-0.15, -0.1) is 0 Å². The lowest BCUT2D eigenvalue weighted by Crippen LogP contribution is -2.66. The van der Waals surface area contributed by atoms with Crippen molar-refractivity contribution in [3.05, 3.63) is 33.8 Å². The predicted molar refractivity (Wildman–Crippen MR) is 90.2 cm³/mol. The Morgan fingerprint density at radius 1 is 1.19 bits per heavy atom. The summed E-state index contributed by atoms with van der Waals surface area (Å²) in [7, 11) is 0. The van der Waals surface area contributed by atoms with Gasteiger partial charge in [-0.3, -0.25) is 4.90 Å². The Bertz CT molecular complexity index is 522. The Morgan fingerprint density at radius 2 is 1.90 bits per heavy atom. The Hall–Kier alpha value is -0.280. The van der Waals surface area contributed by atoms with Gasteiger partial charge in [-0.2, -0.15) is 0 Å². The van der Waals surface area contributed by atoms with Gasteiger partial charge in [-0.25, -0.2) is 0 Å². The van der Waals surface area contributed by atoms with Crippen molar-refractivity contribution in [2.75, 3.05) is 13.1 Å². The molecule has 1 aromatic rings. The highest BCUT2D eigenvalue weighted by Crippen LogP contribution is 2.40. The molecule has 116 valence electrons. The Kier molecular flexibility index (Phi) is 4.26. The monoisotopic (exact) mass is 326 g/mol. The zero-order valence-corrected chi connectivity index (χ0v) is 14.4. The van der Waals surface area contributed by atoms with E-state index in [-0.39, 0.29) is 5.54 Å². The second-order valence-electron chi connectivity index (χ2n) is 7.26. The number of nitrogens with one attached hydrogen (secondary N) is 1. The van der Waals surface area contributed by atoms with Crippen molar-refractivity contribution in [2.24, 2.45) is 0 Å². The first-order valence-corrected chi connectivity index (χ1v) is 8.60. The first-order valence-electron chi connectivity index (χ1n) is 7.84. The number of halogens is 2. The van der Waals surface area contributed by atoms with Crippen molar-refractivity contribution in [1.82, 2.24) is 10.2 Å². The van der Waals surface area contributed by atoms with Gasteiger partial charge < -0.3 is 5.32 Å². The van der Waals surface area contributed by atoms with Crippen molar-refractivity contribution >= 4 is 23.2 Å². The smallest absolute Gasteiger partial charge is 0.0452 e. The molecule has 2 aliphatic rings.